The fourth-order valence-electron chi connectivity index (χ4n) is 4.23. The van der Waals surface area contributed by atoms with Gasteiger partial charge in [0, 0.05) is 13.1 Å². The van der Waals surface area contributed by atoms with Crippen LogP contribution in [0.5, 0.6) is 0 Å². The Hall–Kier alpha value is -0.900. The summed E-state index contributed by atoms with van der Waals surface area (Å²) in [5.41, 5.74) is 0. The highest BCUT2D eigenvalue weighted by molar-refractivity contribution is 6.05. The second-order valence-electron chi connectivity index (χ2n) is 6.34. The van der Waals surface area contributed by atoms with Gasteiger partial charge in [0.1, 0.15) is 0 Å². The van der Waals surface area contributed by atoms with E-state index in [1.165, 1.54) is 30.6 Å². The molecule has 3 aliphatic rings. The first kappa shape index (κ1) is 12.2. The lowest BCUT2D eigenvalue weighted by Gasteiger charge is -2.30. The maximum Gasteiger partial charge on any atom is 0.246 e. The van der Waals surface area contributed by atoms with Gasteiger partial charge in [-0.15, -0.1) is 0 Å². The molecule has 1 aliphatic heterocycles. The van der Waals surface area contributed by atoms with Crippen molar-refractivity contribution in [1.82, 2.24) is 10.2 Å². The van der Waals surface area contributed by atoms with Crippen LogP contribution < -0.4 is 5.32 Å². The Kier molecular flexibility index (Phi) is 2.93. The Bertz CT molecular complexity index is 382. The molecule has 4 nitrogen and oxygen atoms in total. The third-order valence-corrected chi connectivity index (χ3v) is 5.28. The van der Waals surface area contributed by atoms with Crippen LogP contribution in [0.25, 0.3) is 0 Å². The van der Waals surface area contributed by atoms with E-state index in [1.54, 1.807) is 7.05 Å². The van der Waals surface area contributed by atoms with Crippen molar-refractivity contribution in [1.29, 1.82) is 0 Å². The minimum atomic E-state index is -0.281. The van der Waals surface area contributed by atoms with E-state index in [0.29, 0.717) is 18.4 Å². The van der Waals surface area contributed by atoms with E-state index in [9.17, 15) is 9.59 Å². The van der Waals surface area contributed by atoms with Crippen LogP contribution in [0.1, 0.15) is 39.0 Å². The predicted molar refractivity (Wildman–Crippen MR) is 67.7 cm³/mol. The Morgan fingerprint density at radius 3 is 2.56 bits per heavy atom. The molecule has 5 atom stereocenters. The number of likely N-dealkylation sites (N-methyl/N-ethyl adjacent to an activating group) is 1. The molecule has 4 heteroatoms. The van der Waals surface area contributed by atoms with Crippen molar-refractivity contribution in [2.75, 3.05) is 7.05 Å². The number of carbonyl (C=O) groups is 2. The molecule has 3 rings (SSSR count). The molecule has 1 heterocycles. The van der Waals surface area contributed by atoms with Crippen LogP contribution in [-0.4, -0.2) is 35.8 Å². The summed E-state index contributed by atoms with van der Waals surface area (Å²) in [5, 5.41) is 3.40. The molecule has 0 aromatic heterocycles. The standard InChI is InChI=1S/C14H22N2O2/c1-8(11-6-9-3-4-10(11)5-9)15-12-7-13(17)16(2)14(12)18/h8-12,15H,3-7H2,1-2H3. The third kappa shape index (κ3) is 1.87. The van der Waals surface area contributed by atoms with Gasteiger partial charge in [-0.25, -0.2) is 0 Å². The van der Waals surface area contributed by atoms with Crippen molar-refractivity contribution in [3.63, 3.8) is 0 Å². The van der Waals surface area contributed by atoms with Crippen molar-refractivity contribution in [3.8, 4) is 0 Å². The van der Waals surface area contributed by atoms with Crippen LogP contribution in [0.4, 0.5) is 0 Å². The second kappa shape index (κ2) is 4.34. The van der Waals surface area contributed by atoms with Crippen LogP contribution in [0.15, 0.2) is 0 Å². The summed E-state index contributed by atoms with van der Waals surface area (Å²) in [7, 11) is 1.58. The van der Waals surface area contributed by atoms with Crippen LogP contribution in [0, 0.1) is 17.8 Å². The molecule has 0 spiro atoms. The average Bonchev–Trinajstić information content (AvgIpc) is 3.02. The molecule has 18 heavy (non-hydrogen) atoms. The molecule has 1 N–H and O–H groups in total. The third-order valence-electron chi connectivity index (χ3n) is 5.28. The molecule has 3 fully saturated rings. The second-order valence-corrected chi connectivity index (χ2v) is 6.34. The molecule has 100 valence electrons. The Morgan fingerprint density at radius 2 is 2.06 bits per heavy atom. The highest BCUT2D eigenvalue weighted by Crippen LogP contribution is 2.49. The van der Waals surface area contributed by atoms with Gasteiger partial charge in [0.15, 0.2) is 0 Å². The molecule has 1 saturated heterocycles. The Balaban J connectivity index is 1.60. The number of rotatable bonds is 3. The lowest BCUT2D eigenvalue weighted by Crippen LogP contribution is -2.46. The molecule has 2 amide bonds. The van der Waals surface area contributed by atoms with Crippen molar-refractivity contribution in [2.45, 2.75) is 51.1 Å². The quantitative estimate of drug-likeness (QED) is 0.765. The number of fused-ring (bicyclic) bond motifs is 2. The fraction of sp³-hybridized carbons (Fsp3) is 0.857. The molecule has 0 aromatic rings. The van der Waals surface area contributed by atoms with E-state index in [2.05, 4.69) is 12.2 Å². The molecule has 2 bridgehead atoms. The van der Waals surface area contributed by atoms with Gasteiger partial charge in [-0.1, -0.05) is 6.42 Å². The zero-order valence-electron chi connectivity index (χ0n) is 11.2. The zero-order chi connectivity index (χ0) is 12.9. The smallest absolute Gasteiger partial charge is 0.246 e. The van der Waals surface area contributed by atoms with E-state index >= 15 is 0 Å². The highest BCUT2D eigenvalue weighted by Gasteiger charge is 2.44. The number of nitrogens with zero attached hydrogens (tertiary/aromatic N) is 1. The summed E-state index contributed by atoms with van der Waals surface area (Å²) in [6, 6.07) is 0.0742. The number of nitrogens with one attached hydrogen (secondary N) is 1. The van der Waals surface area contributed by atoms with Gasteiger partial charge in [-0.2, -0.15) is 0 Å². The molecule has 2 saturated carbocycles. The molecule has 2 aliphatic carbocycles. The van der Waals surface area contributed by atoms with Gasteiger partial charge in [-0.3, -0.25) is 14.5 Å². The van der Waals surface area contributed by atoms with Gasteiger partial charge in [0.05, 0.1) is 12.5 Å². The summed E-state index contributed by atoms with van der Waals surface area (Å²) in [6.07, 6.45) is 5.79. The van der Waals surface area contributed by atoms with Crippen molar-refractivity contribution < 1.29 is 9.59 Å². The number of imide groups is 1. The summed E-state index contributed by atoms with van der Waals surface area (Å²) < 4.78 is 0. The van der Waals surface area contributed by atoms with Crippen molar-refractivity contribution in [3.05, 3.63) is 0 Å². The maximum atomic E-state index is 11.9. The van der Waals surface area contributed by atoms with Crippen LogP contribution >= 0.6 is 0 Å². The SMILES string of the molecule is CC(NC1CC(=O)N(C)C1=O)C1CC2CCC1C2. The van der Waals surface area contributed by atoms with Gasteiger partial charge in [0.2, 0.25) is 11.8 Å². The van der Waals surface area contributed by atoms with E-state index in [4.69, 9.17) is 0 Å². The molecule has 0 radical (unpaired) electrons. The van der Waals surface area contributed by atoms with Crippen molar-refractivity contribution in [2.24, 2.45) is 17.8 Å². The monoisotopic (exact) mass is 250 g/mol. The molecular formula is C14H22N2O2. The summed E-state index contributed by atoms with van der Waals surface area (Å²) in [4.78, 5) is 24.6. The number of carbonyl (C=O) groups excluding carboxylic acids is 2. The normalized spacial score (nSPS) is 40.9. The average molecular weight is 250 g/mol. The first-order valence-electron chi connectivity index (χ1n) is 7.12. The summed E-state index contributed by atoms with van der Waals surface area (Å²) >= 11 is 0. The minimum absolute atomic E-state index is 0.0577. The Morgan fingerprint density at radius 1 is 1.28 bits per heavy atom. The number of amides is 2. The van der Waals surface area contributed by atoms with Crippen LogP contribution in [-0.2, 0) is 9.59 Å². The molecular weight excluding hydrogens is 228 g/mol. The lowest BCUT2D eigenvalue weighted by atomic mass is 9.83. The first-order chi connectivity index (χ1) is 8.56. The highest BCUT2D eigenvalue weighted by atomic mass is 16.2. The van der Waals surface area contributed by atoms with Crippen LogP contribution in [0.2, 0.25) is 0 Å². The van der Waals surface area contributed by atoms with Gasteiger partial charge in [0.25, 0.3) is 0 Å². The van der Waals surface area contributed by atoms with E-state index < -0.39 is 0 Å². The van der Waals surface area contributed by atoms with Gasteiger partial charge in [-0.05, 0) is 43.9 Å². The van der Waals surface area contributed by atoms with Gasteiger partial charge < -0.3 is 5.32 Å². The minimum Gasteiger partial charge on any atom is -0.303 e. The van der Waals surface area contributed by atoms with Gasteiger partial charge >= 0.3 is 0 Å². The summed E-state index contributed by atoms with van der Waals surface area (Å²) in [6.45, 7) is 2.18. The van der Waals surface area contributed by atoms with E-state index in [1.807, 2.05) is 0 Å². The predicted octanol–water partition coefficient (Wildman–Crippen LogP) is 1.16. The van der Waals surface area contributed by atoms with E-state index in [-0.39, 0.29) is 17.9 Å². The topological polar surface area (TPSA) is 49.4 Å². The number of hydrogen-bond donors (Lipinski definition) is 1. The maximum absolute atomic E-state index is 11.9. The van der Waals surface area contributed by atoms with E-state index in [0.717, 1.165) is 11.8 Å². The first-order valence-corrected chi connectivity index (χ1v) is 7.12. The van der Waals surface area contributed by atoms with Crippen LogP contribution in [0.3, 0.4) is 0 Å². The summed E-state index contributed by atoms with van der Waals surface area (Å²) in [5.74, 6) is 2.36. The Labute approximate surface area is 108 Å². The number of likely N-dealkylation sites (tertiary alicyclic amines) is 1. The molecule has 0 aromatic carbocycles. The van der Waals surface area contributed by atoms with Crippen molar-refractivity contribution >= 4 is 11.8 Å². The fourth-order valence-corrected chi connectivity index (χ4v) is 4.23. The molecule has 5 unspecified atom stereocenters. The largest absolute Gasteiger partial charge is 0.303 e. The zero-order valence-corrected chi connectivity index (χ0v) is 11.2. The number of hydrogen-bond acceptors (Lipinski definition) is 3. The lowest BCUT2D eigenvalue weighted by molar-refractivity contribution is -0.137.